The Morgan fingerprint density at radius 3 is 2.94 bits per heavy atom. The zero-order valence-corrected chi connectivity index (χ0v) is 11.2. The highest BCUT2D eigenvalue weighted by Gasteiger charge is 2.26. The van der Waals surface area contributed by atoms with Crippen LogP contribution in [-0.2, 0) is 6.54 Å². The van der Waals surface area contributed by atoms with E-state index in [-0.39, 0.29) is 0 Å². The van der Waals surface area contributed by atoms with Gasteiger partial charge in [-0.05, 0) is 31.6 Å². The minimum absolute atomic E-state index is 0.530. The number of rotatable bonds is 5. The molecule has 18 heavy (non-hydrogen) atoms. The molecule has 0 aromatic carbocycles. The van der Waals surface area contributed by atoms with Gasteiger partial charge in [0, 0.05) is 12.0 Å². The molecule has 2 fully saturated rings. The van der Waals surface area contributed by atoms with Gasteiger partial charge in [-0.25, -0.2) is 0 Å². The molecular weight excluding hydrogens is 226 g/mol. The second-order valence-corrected chi connectivity index (χ2v) is 5.84. The Kier molecular flexibility index (Phi) is 3.64. The lowest BCUT2D eigenvalue weighted by molar-refractivity contribution is 0.297. The van der Waals surface area contributed by atoms with Crippen molar-refractivity contribution < 1.29 is 4.52 Å². The molecule has 1 aromatic heterocycles. The molecule has 2 aliphatic carbocycles. The van der Waals surface area contributed by atoms with Crippen LogP contribution in [-0.4, -0.2) is 16.2 Å². The first-order valence-electron chi connectivity index (χ1n) is 7.41. The second kappa shape index (κ2) is 5.39. The highest BCUT2D eigenvalue weighted by atomic mass is 16.5. The zero-order chi connectivity index (χ0) is 12.4. The van der Waals surface area contributed by atoms with Crippen molar-refractivity contribution in [1.82, 2.24) is 15.5 Å². The maximum atomic E-state index is 5.34. The molecule has 1 aromatic rings. The SMILES string of the molecule is CCC1CCCC(c2noc(CNC3CC3)n2)C1. The standard InChI is InChI=1S/C14H23N3O/c1-2-10-4-3-5-11(8-10)14-16-13(18-17-14)9-15-12-6-7-12/h10-12,15H,2-9H2,1H3. The Balaban J connectivity index is 1.57. The van der Waals surface area contributed by atoms with E-state index in [1.165, 1.54) is 44.9 Å². The summed E-state index contributed by atoms with van der Waals surface area (Å²) >= 11 is 0. The van der Waals surface area contributed by atoms with Gasteiger partial charge in [-0.15, -0.1) is 0 Å². The summed E-state index contributed by atoms with van der Waals surface area (Å²) in [6.07, 6.45) is 9.03. The molecule has 0 aliphatic heterocycles. The number of aromatic nitrogens is 2. The Morgan fingerprint density at radius 1 is 1.28 bits per heavy atom. The van der Waals surface area contributed by atoms with Crippen molar-refractivity contribution in [3.63, 3.8) is 0 Å². The lowest BCUT2D eigenvalue weighted by Gasteiger charge is -2.26. The topological polar surface area (TPSA) is 51.0 Å². The molecule has 4 nitrogen and oxygen atoms in total. The molecule has 2 saturated carbocycles. The number of nitrogens with zero attached hydrogens (tertiary/aromatic N) is 2. The van der Waals surface area contributed by atoms with Gasteiger partial charge >= 0.3 is 0 Å². The lowest BCUT2D eigenvalue weighted by atomic mass is 9.80. The van der Waals surface area contributed by atoms with Crippen LogP contribution in [0.3, 0.4) is 0 Å². The molecule has 2 aliphatic rings. The normalized spacial score (nSPS) is 28.5. The van der Waals surface area contributed by atoms with Crippen molar-refractivity contribution >= 4 is 0 Å². The molecule has 2 atom stereocenters. The molecular formula is C14H23N3O. The van der Waals surface area contributed by atoms with E-state index < -0.39 is 0 Å². The van der Waals surface area contributed by atoms with Gasteiger partial charge in [0.1, 0.15) is 0 Å². The minimum atomic E-state index is 0.530. The molecule has 0 spiro atoms. The van der Waals surface area contributed by atoms with Crippen molar-refractivity contribution in [2.75, 3.05) is 0 Å². The summed E-state index contributed by atoms with van der Waals surface area (Å²) in [7, 11) is 0. The third-order valence-electron chi connectivity index (χ3n) is 4.33. The highest BCUT2D eigenvalue weighted by molar-refractivity contribution is 4.98. The van der Waals surface area contributed by atoms with Crippen LogP contribution < -0.4 is 5.32 Å². The maximum Gasteiger partial charge on any atom is 0.240 e. The fourth-order valence-electron chi connectivity index (χ4n) is 2.92. The van der Waals surface area contributed by atoms with E-state index in [0.29, 0.717) is 12.0 Å². The molecule has 3 rings (SSSR count). The average molecular weight is 249 g/mol. The first kappa shape index (κ1) is 12.2. The van der Waals surface area contributed by atoms with E-state index in [4.69, 9.17) is 4.52 Å². The van der Waals surface area contributed by atoms with E-state index in [2.05, 4.69) is 22.4 Å². The summed E-state index contributed by atoms with van der Waals surface area (Å²) in [5, 5.41) is 7.59. The summed E-state index contributed by atoms with van der Waals surface area (Å²) < 4.78 is 5.34. The third-order valence-corrected chi connectivity index (χ3v) is 4.33. The van der Waals surface area contributed by atoms with Crippen LogP contribution in [0.4, 0.5) is 0 Å². The Labute approximate surface area is 109 Å². The van der Waals surface area contributed by atoms with Crippen LogP contribution in [0.1, 0.15) is 69.5 Å². The molecule has 4 heteroatoms. The van der Waals surface area contributed by atoms with Gasteiger partial charge in [-0.1, -0.05) is 31.3 Å². The largest absolute Gasteiger partial charge is 0.338 e. The predicted molar refractivity (Wildman–Crippen MR) is 69.1 cm³/mol. The van der Waals surface area contributed by atoms with Crippen LogP contribution in [0.5, 0.6) is 0 Å². The number of hydrogen-bond acceptors (Lipinski definition) is 4. The smallest absolute Gasteiger partial charge is 0.240 e. The van der Waals surface area contributed by atoms with Crippen LogP contribution in [0.15, 0.2) is 4.52 Å². The fraction of sp³-hybridized carbons (Fsp3) is 0.857. The quantitative estimate of drug-likeness (QED) is 0.871. The average Bonchev–Trinajstić information content (AvgIpc) is 3.13. The minimum Gasteiger partial charge on any atom is -0.338 e. The molecule has 0 amide bonds. The van der Waals surface area contributed by atoms with Crippen LogP contribution >= 0.6 is 0 Å². The van der Waals surface area contributed by atoms with E-state index in [9.17, 15) is 0 Å². The van der Waals surface area contributed by atoms with E-state index in [1.807, 2.05) is 0 Å². The Hall–Kier alpha value is -0.900. The van der Waals surface area contributed by atoms with Crippen molar-refractivity contribution in [2.45, 2.75) is 70.4 Å². The van der Waals surface area contributed by atoms with E-state index in [1.54, 1.807) is 0 Å². The Bertz CT molecular complexity index is 386. The fourth-order valence-corrected chi connectivity index (χ4v) is 2.92. The third kappa shape index (κ3) is 2.91. The zero-order valence-electron chi connectivity index (χ0n) is 11.2. The van der Waals surface area contributed by atoms with E-state index in [0.717, 1.165) is 24.2 Å². The summed E-state index contributed by atoms with van der Waals surface area (Å²) in [5.74, 6) is 3.09. The monoisotopic (exact) mass is 249 g/mol. The van der Waals surface area contributed by atoms with Crippen molar-refractivity contribution in [2.24, 2.45) is 5.92 Å². The van der Waals surface area contributed by atoms with E-state index >= 15 is 0 Å². The molecule has 1 heterocycles. The summed E-state index contributed by atoms with van der Waals surface area (Å²) in [4.78, 5) is 4.56. The summed E-state index contributed by atoms with van der Waals surface area (Å²) in [6.45, 7) is 3.02. The first-order valence-corrected chi connectivity index (χ1v) is 7.41. The summed E-state index contributed by atoms with van der Waals surface area (Å²) in [5.41, 5.74) is 0. The van der Waals surface area contributed by atoms with Gasteiger partial charge in [0.2, 0.25) is 5.89 Å². The molecule has 0 bridgehead atoms. The lowest BCUT2D eigenvalue weighted by Crippen LogP contribution is -2.16. The second-order valence-electron chi connectivity index (χ2n) is 5.84. The number of hydrogen-bond donors (Lipinski definition) is 1. The van der Waals surface area contributed by atoms with Gasteiger partial charge in [-0.2, -0.15) is 4.98 Å². The van der Waals surface area contributed by atoms with Crippen LogP contribution in [0.25, 0.3) is 0 Å². The molecule has 100 valence electrons. The highest BCUT2D eigenvalue weighted by Crippen LogP contribution is 2.36. The van der Waals surface area contributed by atoms with Gasteiger partial charge < -0.3 is 9.84 Å². The van der Waals surface area contributed by atoms with Crippen LogP contribution in [0.2, 0.25) is 0 Å². The molecule has 0 saturated heterocycles. The Morgan fingerprint density at radius 2 is 2.17 bits per heavy atom. The van der Waals surface area contributed by atoms with Gasteiger partial charge in [0.25, 0.3) is 0 Å². The predicted octanol–water partition coefficient (Wildman–Crippen LogP) is 3.01. The van der Waals surface area contributed by atoms with Gasteiger partial charge in [-0.3, -0.25) is 0 Å². The molecule has 1 N–H and O–H groups in total. The van der Waals surface area contributed by atoms with Gasteiger partial charge in [0.15, 0.2) is 5.82 Å². The molecule has 0 radical (unpaired) electrons. The molecule has 2 unspecified atom stereocenters. The maximum absolute atomic E-state index is 5.34. The van der Waals surface area contributed by atoms with Crippen molar-refractivity contribution in [3.05, 3.63) is 11.7 Å². The van der Waals surface area contributed by atoms with Crippen LogP contribution in [0, 0.1) is 5.92 Å². The van der Waals surface area contributed by atoms with Crippen molar-refractivity contribution in [3.8, 4) is 0 Å². The number of nitrogens with one attached hydrogen (secondary N) is 1. The summed E-state index contributed by atoms with van der Waals surface area (Å²) in [6, 6.07) is 0.694. The van der Waals surface area contributed by atoms with Gasteiger partial charge in [0.05, 0.1) is 6.54 Å². The van der Waals surface area contributed by atoms with Crippen molar-refractivity contribution in [1.29, 1.82) is 0 Å². The first-order chi connectivity index (χ1) is 8.85.